The maximum Gasteiger partial charge on any atom is 0.227 e. The van der Waals surface area contributed by atoms with Gasteiger partial charge in [-0.25, -0.2) is 0 Å². The number of carbonyl (C=O) groups is 1. The van der Waals surface area contributed by atoms with Crippen LogP contribution in [0.1, 0.15) is 46.5 Å². The highest BCUT2D eigenvalue weighted by molar-refractivity contribution is 5.81. The molecule has 0 aromatic heterocycles. The summed E-state index contributed by atoms with van der Waals surface area (Å²) in [5, 5.41) is 10.1. The third-order valence-corrected chi connectivity index (χ3v) is 5.63. The summed E-state index contributed by atoms with van der Waals surface area (Å²) in [6.45, 7) is 10.9. The molecule has 120 valence electrons. The Kier molecular flexibility index (Phi) is 3.81. The van der Waals surface area contributed by atoms with E-state index in [4.69, 9.17) is 0 Å². The molecule has 2 aliphatic heterocycles. The lowest BCUT2D eigenvalue weighted by Gasteiger charge is -2.37. The van der Waals surface area contributed by atoms with E-state index in [9.17, 15) is 9.90 Å². The van der Waals surface area contributed by atoms with Crippen molar-refractivity contribution in [2.24, 2.45) is 16.7 Å². The fraction of sp³-hybridized carbons (Fsp3) is 0.941. The lowest BCUT2D eigenvalue weighted by atomic mass is 9.91. The van der Waals surface area contributed by atoms with E-state index in [1.165, 1.54) is 12.8 Å². The van der Waals surface area contributed by atoms with Gasteiger partial charge in [0.2, 0.25) is 5.91 Å². The molecule has 21 heavy (non-hydrogen) atoms. The minimum absolute atomic E-state index is 0.0972. The van der Waals surface area contributed by atoms with Crippen LogP contribution in [0.3, 0.4) is 0 Å². The monoisotopic (exact) mass is 294 g/mol. The molecule has 1 atom stereocenters. The van der Waals surface area contributed by atoms with Gasteiger partial charge in [-0.3, -0.25) is 9.69 Å². The van der Waals surface area contributed by atoms with Crippen molar-refractivity contribution in [3.05, 3.63) is 0 Å². The molecule has 1 amide bonds. The molecule has 3 rings (SSSR count). The first-order valence-electron chi connectivity index (χ1n) is 8.50. The summed E-state index contributed by atoms with van der Waals surface area (Å²) in [7, 11) is 0. The number of hydrogen-bond acceptors (Lipinski definition) is 3. The molecule has 1 spiro atoms. The minimum Gasteiger partial charge on any atom is -0.391 e. The standard InChI is InChI=1S/C17H30N2O2/c1-16(2,3)15(21)19-8-4-13(5-9-19)10-18-11-14(20)17(12-18)6-7-17/h13-14,20H,4-12H2,1-3H3. The van der Waals surface area contributed by atoms with Crippen molar-refractivity contribution in [2.75, 3.05) is 32.7 Å². The van der Waals surface area contributed by atoms with Crippen LogP contribution in [-0.2, 0) is 4.79 Å². The zero-order valence-corrected chi connectivity index (χ0v) is 13.8. The second kappa shape index (κ2) is 5.24. The molecular weight excluding hydrogens is 264 g/mol. The third-order valence-electron chi connectivity index (χ3n) is 5.63. The predicted octanol–water partition coefficient (Wildman–Crippen LogP) is 1.73. The molecule has 2 heterocycles. The number of aliphatic hydroxyl groups is 1. The predicted molar refractivity (Wildman–Crippen MR) is 82.9 cm³/mol. The van der Waals surface area contributed by atoms with Gasteiger partial charge in [0.15, 0.2) is 0 Å². The van der Waals surface area contributed by atoms with Crippen LogP contribution < -0.4 is 0 Å². The Morgan fingerprint density at radius 3 is 2.33 bits per heavy atom. The Morgan fingerprint density at radius 2 is 1.86 bits per heavy atom. The highest BCUT2D eigenvalue weighted by Crippen LogP contribution is 2.52. The van der Waals surface area contributed by atoms with Crippen LogP contribution in [0.15, 0.2) is 0 Å². The molecule has 1 aliphatic carbocycles. The number of rotatable bonds is 2. The first-order chi connectivity index (χ1) is 9.80. The molecule has 0 bridgehead atoms. The van der Waals surface area contributed by atoms with E-state index in [2.05, 4.69) is 4.90 Å². The van der Waals surface area contributed by atoms with Crippen molar-refractivity contribution < 1.29 is 9.90 Å². The van der Waals surface area contributed by atoms with E-state index < -0.39 is 0 Å². The van der Waals surface area contributed by atoms with Crippen LogP contribution >= 0.6 is 0 Å². The topological polar surface area (TPSA) is 43.8 Å². The van der Waals surface area contributed by atoms with Crippen LogP contribution in [0.2, 0.25) is 0 Å². The van der Waals surface area contributed by atoms with E-state index in [-0.39, 0.29) is 22.8 Å². The zero-order valence-electron chi connectivity index (χ0n) is 13.8. The second-order valence-corrected chi connectivity index (χ2v) is 8.56. The first kappa shape index (κ1) is 15.3. The van der Waals surface area contributed by atoms with Gasteiger partial charge >= 0.3 is 0 Å². The number of nitrogens with zero attached hydrogens (tertiary/aromatic N) is 2. The SMILES string of the molecule is CC(C)(C)C(=O)N1CCC(CN2CC(O)C3(CC3)C2)CC1. The zero-order chi connectivity index (χ0) is 15.3. The van der Waals surface area contributed by atoms with Crippen molar-refractivity contribution in [1.82, 2.24) is 9.80 Å². The van der Waals surface area contributed by atoms with E-state index in [0.717, 1.165) is 45.6 Å². The number of carbonyl (C=O) groups excluding carboxylic acids is 1. The highest BCUT2D eigenvalue weighted by Gasteiger charge is 2.54. The number of piperidine rings is 1. The Bertz CT molecular complexity index is 404. The number of likely N-dealkylation sites (tertiary alicyclic amines) is 2. The Labute approximate surface area is 128 Å². The van der Waals surface area contributed by atoms with Crippen molar-refractivity contribution in [2.45, 2.75) is 52.6 Å². The average Bonchev–Trinajstić information content (AvgIpc) is 3.11. The fourth-order valence-corrected chi connectivity index (χ4v) is 4.00. The van der Waals surface area contributed by atoms with E-state index in [1.807, 2.05) is 25.7 Å². The number of β-amino-alcohol motifs (C(OH)–C–C–N with tert-alkyl or cyclic N) is 1. The van der Waals surface area contributed by atoms with Gasteiger partial charge in [-0.2, -0.15) is 0 Å². The molecule has 2 saturated heterocycles. The van der Waals surface area contributed by atoms with Crippen molar-refractivity contribution in [3.8, 4) is 0 Å². The maximum absolute atomic E-state index is 12.3. The summed E-state index contributed by atoms with van der Waals surface area (Å²) in [5.74, 6) is 0.976. The van der Waals surface area contributed by atoms with Gasteiger partial charge in [-0.1, -0.05) is 20.8 Å². The molecule has 0 radical (unpaired) electrons. The minimum atomic E-state index is -0.260. The maximum atomic E-state index is 12.3. The molecule has 3 fully saturated rings. The summed E-state index contributed by atoms with van der Waals surface area (Å²) in [6, 6.07) is 0. The Hall–Kier alpha value is -0.610. The van der Waals surface area contributed by atoms with Crippen molar-refractivity contribution in [1.29, 1.82) is 0 Å². The molecule has 4 nitrogen and oxygen atoms in total. The summed E-state index contributed by atoms with van der Waals surface area (Å²) in [5.41, 5.74) is 0.00710. The van der Waals surface area contributed by atoms with Crippen LogP contribution in [0.25, 0.3) is 0 Å². The van der Waals surface area contributed by atoms with Crippen LogP contribution in [0.4, 0.5) is 0 Å². The lowest BCUT2D eigenvalue weighted by molar-refractivity contribution is -0.141. The summed E-state index contributed by atoms with van der Waals surface area (Å²) < 4.78 is 0. The second-order valence-electron chi connectivity index (χ2n) is 8.56. The molecule has 1 saturated carbocycles. The van der Waals surface area contributed by atoms with Gasteiger partial charge in [-0.15, -0.1) is 0 Å². The quantitative estimate of drug-likeness (QED) is 0.843. The van der Waals surface area contributed by atoms with Crippen LogP contribution in [0.5, 0.6) is 0 Å². The number of amides is 1. The largest absolute Gasteiger partial charge is 0.391 e. The molecule has 0 aromatic rings. The lowest BCUT2D eigenvalue weighted by Crippen LogP contribution is -2.45. The molecule has 0 aromatic carbocycles. The van der Waals surface area contributed by atoms with Gasteiger partial charge in [0, 0.05) is 43.6 Å². The van der Waals surface area contributed by atoms with Gasteiger partial charge in [-0.05, 0) is 31.6 Å². The third kappa shape index (κ3) is 3.11. The van der Waals surface area contributed by atoms with Gasteiger partial charge < -0.3 is 10.0 Å². The summed E-state index contributed by atoms with van der Waals surface area (Å²) in [6.07, 6.45) is 4.55. The van der Waals surface area contributed by atoms with Gasteiger partial charge in [0.25, 0.3) is 0 Å². The summed E-state index contributed by atoms with van der Waals surface area (Å²) >= 11 is 0. The molecule has 3 aliphatic rings. The average molecular weight is 294 g/mol. The van der Waals surface area contributed by atoms with Crippen LogP contribution in [-0.4, -0.2) is 59.6 Å². The van der Waals surface area contributed by atoms with Gasteiger partial charge in [0.1, 0.15) is 0 Å². The Morgan fingerprint density at radius 1 is 1.24 bits per heavy atom. The molecule has 1 N–H and O–H groups in total. The summed E-state index contributed by atoms with van der Waals surface area (Å²) in [4.78, 5) is 16.8. The smallest absolute Gasteiger partial charge is 0.227 e. The van der Waals surface area contributed by atoms with Crippen molar-refractivity contribution in [3.63, 3.8) is 0 Å². The van der Waals surface area contributed by atoms with E-state index in [1.54, 1.807) is 0 Å². The number of aliphatic hydroxyl groups excluding tert-OH is 1. The van der Waals surface area contributed by atoms with E-state index in [0.29, 0.717) is 5.92 Å². The first-order valence-corrected chi connectivity index (χ1v) is 8.50. The number of hydrogen-bond donors (Lipinski definition) is 1. The highest BCUT2D eigenvalue weighted by atomic mass is 16.3. The van der Waals surface area contributed by atoms with Gasteiger partial charge in [0.05, 0.1) is 6.10 Å². The van der Waals surface area contributed by atoms with Crippen molar-refractivity contribution >= 4 is 5.91 Å². The van der Waals surface area contributed by atoms with E-state index >= 15 is 0 Å². The molecular formula is C17H30N2O2. The normalized spacial score (nSPS) is 30.1. The van der Waals surface area contributed by atoms with Crippen LogP contribution in [0, 0.1) is 16.7 Å². The Balaban J connectivity index is 1.45. The molecule has 1 unspecified atom stereocenters. The molecule has 4 heteroatoms. The fourth-order valence-electron chi connectivity index (χ4n) is 4.00.